The first kappa shape index (κ1) is 29.3. The van der Waals surface area contributed by atoms with E-state index in [2.05, 4.69) is 63.2 Å². The van der Waals surface area contributed by atoms with Crippen LogP contribution in [0.15, 0.2) is 119 Å². The second-order valence-corrected chi connectivity index (χ2v) is 13.3. The van der Waals surface area contributed by atoms with E-state index in [0.29, 0.717) is 43.7 Å². The molecule has 0 spiro atoms. The van der Waals surface area contributed by atoms with Crippen LogP contribution in [-0.4, -0.2) is 10.5 Å². The predicted molar refractivity (Wildman–Crippen MR) is 179 cm³/mol. The number of nitrogens with one attached hydrogen (secondary N) is 1. The van der Waals surface area contributed by atoms with Crippen LogP contribution in [0, 0.1) is 0 Å². The Hall–Kier alpha value is -3.79. The fraction of sp³-hybridized carbons (Fsp3) is 0.147. The lowest BCUT2D eigenvalue weighted by Crippen LogP contribution is -2.40. The van der Waals surface area contributed by atoms with E-state index < -0.39 is 6.04 Å². The van der Waals surface area contributed by atoms with Gasteiger partial charge in [0.25, 0.3) is 11.5 Å². The number of hydrogen-bond acceptors (Lipinski definition) is 5. The Kier molecular flexibility index (Phi) is 8.22. The number of furan rings is 1. The molecule has 0 bridgehead atoms. The number of halogens is 2. The Morgan fingerprint density at radius 1 is 1.02 bits per heavy atom. The molecule has 1 aliphatic rings. The van der Waals surface area contributed by atoms with E-state index in [4.69, 9.17) is 9.41 Å². The molecule has 0 saturated carbocycles. The number of amides is 1. The molecule has 2 aromatic heterocycles. The maximum atomic E-state index is 14.1. The summed E-state index contributed by atoms with van der Waals surface area (Å²) >= 11 is 8.38. The molecule has 5 aromatic rings. The number of fused-ring (bicyclic) bond motifs is 1. The molecule has 0 saturated heterocycles. The monoisotopic (exact) mass is 715 g/mol. The molecule has 1 N–H and O–H groups in total. The number of carbonyl (C=O) groups is 1. The van der Waals surface area contributed by atoms with Crippen LogP contribution < -0.4 is 20.2 Å². The SMILES string of the molecule is CC1=C(C(=O)Nc2ccccc2)[C@H](c2ccc(C(C)C)cc2)n2c(s/c(=C/c3ccc(-c4cc(Br)ccc4Br)o3)c2=O)=N1. The highest BCUT2D eigenvalue weighted by atomic mass is 79.9. The predicted octanol–water partition coefficient (Wildman–Crippen LogP) is 7.78. The van der Waals surface area contributed by atoms with Crippen LogP contribution in [0.4, 0.5) is 5.69 Å². The lowest BCUT2D eigenvalue weighted by molar-refractivity contribution is -0.113. The van der Waals surface area contributed by atoms with Gasteiger partial charge in [-0.05, 0) is 66.4 Å². The molecule has 0 radical (unpaired) electrons. The average Bonchev–Trinajstić information content (AvgIpc) is 3.58. The van der Waals surface area contributed by atoms with Crippen molar-refractivity contribution < 1.29 is 9.21 Å². The van der Waals surface area contributed by atoms with E-state index in [1.165, 1.54) is 16.9 Å². The first-order valence-electron chi connectivity index (χ1n) is 13.7. The summed E-state index contributed by atoms with van der Waals surface area (Å²) in [5.74, 6) is 1.27. The quantitative estimate of drug-likeness (QED) is 0.195. The molecule has 3 heterocycles. The molecule has 43 heavy (non-hydrogen) atoms. The zero-order chi connectivity index (χ0) is 30.2. The van der Waals surface area contributed by atoms with Crippen LogP contribution in [0.3, 0.4) is 0 Å². The zero-order valence-electron chi connectivity index (χ0n) is 23.6. The molecule has 6 rings (SSSR count). The van der Waals surface area contributed by atoms with Crippen molar-refractivity contribution in [2.75, 3.05) is 5.32 Å². The van der Waals surface area contributed by atoms with Gasteiger partial charge in [-0.2, -0.15) is 0 Å². The molecule has 3 aromatic carbocycles. The largest absolute Gasteiger partial charge is 0.457 e. The maximum absolute atomic E-state index is 14.1. The van der Waals surface area contributed by atoms with Gasteiger partial charge in [0.15, 0.2) is 4.80 Å². The second-order valence-electron chi connectivity index (χ2n) is 10.5. The minimum absolute atomic E-state index is 0.235. The summed E-state index contributed by atoms with van der Waals surface area (Å²) in [6.45, 7) is 6.09. The standard InChI is InChI=1S/C34H27Br2N3O3S/c1-19(2)21-9-11-22(12-10-21)31-30(32(40)38-24-7-5-4-6-8-24)20(3)37-34-39(31)33(41)29(43-34)18-25-14-16-28(42-25)26-17-23(35)13-15-27(26)36/h4-19,31H,1-3H3,(H,38,40)/b29-18+/t31-/m0/s1. The summed E-state index contributed by atoms with van der Waals surface area (Å²) in [6.07, 6.45) is 1.74. The van der Waals surface area contributed by atoms with Gasteiger partial charge in [0.05, 0.1) is 21.8 Å². The third-order valence-corrected chi connectivity index (χ3v) is 9.48. The first-order chi connectivity index (χ1) is 20.7. The number of para-hydroxylation sites is 1. The molecule has 0 unspecified atom stereocenters. The highest BCUT2D eigenvalue weighted by molar-refractivity contribution is 9.11. The Labute approximate surface area is 269 Å². The fourth-order valence-corrected chi connectivity index (χ4v) is 6.93. The van der Waals surface area contributed by atoms with Gasteiger partial charge in [0.1, 0.15) is 11.5 Å². The number of benzene rings is 3. The van der Waals surface area contributed by atoms with Crippen molar-refractivity contribution in [3.8, 4) is 11.3 Å². The van der Waals surface area contributed by atoms with Gasteiger partial charge in [0.2, 0.25) is 0 Å². The van der Waals surface area contributed by atoms with Gasteiger partial charge < -0.3 is 9.73 Å². The zero-order valence-corrected chi connectivity index (χ0v) is 27.6. The average molecular weight is 717 g/mol. The molecule has 1 amide bonds. The van der Waals surface area contributed by atoms with Crippen molar-refractivity contribution in [3.63, 3.8) is 0 Å². The third-order valence-electron chi connectivity index (χ3n) is 7.31. The number of hydrogen-bond donors (Lipinski definition) is 1. The molecular weight excluding hydrogens is 690 g/mol. The van der Waals surface area contributed by atoms with Crippen molar-refractivity contribution in [1.29, 1.82) is 0 Å². The summed E-state index contributed by atoms with van der Waals surface area (Å²) in [6, 6.07) is 26.3. The first-order valence-corrected chi connectivity index (χ1v) is 16.1. The van der Waals surface area contributed by atoms with Crippen molar-refractivity contribution >= 4 is 60.9 Å². The smallest absolute Gasteiger partial charge is 0.271 e. The van der Waals surface area contributed by atoms with Crippen molar-refractivity contribution in [1.82, 2.24) is 4.57 Å². The van der Waals surface area contributed by atoms with Crippen LogP contribution in [0.25, 0.3) is 17.4 Å². The molecule has 216 valence electrons. The minimum Gasteiger partial charge on any atom is -0.457 e. The van der Waals surface area contributed by atoms with Crippen LogP contribution in [-0.2, 0) is 4.79 Å². The molecule has 9 heteroatoms. The Morgan fingerprint density at radius 2 is 1.77 bits per heavy atom. The number of rotatable bonds is 6. The van der Waals surface area contributed by atoms with E-state index >= 15 is 0 Å². The van der Waals surface area contributed by atoms with Crippen LogP contribution in [0.5, 0.6) is 0 Å². The highest BCUT2D eigenvalue weighted by Crippen LogP contribution is 2.33. The number of aromatic nitrogens is 1. The van der Waals surface area contributed by atoms with Crippen molar-refractivity contribution in [2.45, 2.75) is 32.7 Å². The molecule has 0 aliphatic carbocycles. The second kappa shape index (κ2) is 12.1. The van der Waals surface area contributed by atoms with Crippen LogP contribution in [0.1, 0.15) is 49.6 Å². The van der Waals surface area contributed by atoms with E-state index in [1.807, 2.05) is 79.7 Å². The van der Waals surface area contributed by atoms with Crippen LogP contribution >= 0.6 is 43.2 Å². The third kappa shape index (κ3) is 5.89. The molecule has 1 atom stereocenters. The number of nitrogens with zero attached hydrogens (tertiary/aromatic N) is 2. The Balaban J connectivity index is 1.46. The maximum Gasteiger partial charge on any atom is 0.271 e. The highest BCUT2D eigenvalue weighted by Gasteiger charge is 2.32. The lowest BCUT2D eigenvalue weighted by Gasteiger charge is -2.25. The van der Waals surface area contributed by atoms with E-state index in [0.717, 1.165) is 20.1 Å². The van der Waals surface area contributed by atoms with Gasteiger partial charge in [-0.1, -0.05) is 99.5 Å². The van der Waals surface area contributed by atoms with Gasteiger partial charge in [-0.25, -0.2) is 4.99 Å². The summed E-state index contributed by atoms with van der Waals surface area (Å²) in [5.41, 5.74) is 4.34. The van der Waals surface area contributed by atoms with E-state index in [9.17, 15) is 9.59 Å². The summed E-state index contributed by atoms with van der Waals surface area (Å²) in [7, 11) is 0. The summed E-state index contributed by atoms with van der Waals surface area (Å²) in [4.78, 5) is 33.1. The van der Waals surface area contributed by atoms with E-state index in [-0.39, 0.29) is 11.5 Å². The van der Waals surface area contributed by atoms with Gasteiger partial charge in [-0.3, -0.25) is 14.2 Å². The summed E-state index contributed by atoms with van der Waals surface area (Å²) < 4.78 is 10.1. The van der Waals surface area contributed by atoms with Gasteiger partial charge in [-0.15, -0.1) is 0 Å². The summed E-state index contributed by atoms with van der Waals surface area (Å²) in [5, 5.41) is 3.00. The molecule has 1 aliphatic heterocycles. The van der Waals surface area contributed by atoms with Gasteiger partial charge in [0, 0.05) is 26.3 Å². The topological polar surface area (TPSA) is 76.6 Å². The molecular formula is C34H27Br2N3O3S. The van der Waals surface area contributed by atoms with Gasteiger partial charge >= 0.3 is 0 Å². The van der Waals surface area contributed by atoms with Crippen LogP contribution in [0.2, 0.25) is 0 Å². The Morgan fingerprint density at radius 3 is 2.49 bits per heavy atom. The lowest BCUT2D eigenvalue weighted by atomic mass is 9.93. The number of allylic oxidation sites excluding steroid dienone is 1. The van der Waals surface area contributed by atoms with E-state index in [1.54, 1.807) is 10.6 Å². The minimum atomic E-state index is -0.645. The van der Waals surface area contributed by atoms with Crippen molar-refractivity contribution in [2.24, 2.45) is 4.99 Å². The number of thiazole rings is 1. The Bertz CT molecular complexity index is 2060. The van der Waals surface area contributed by atoms with Crippen molar-refractivity contribution in [3.05, 3.63) is 142 Å². The molecule has 6 nitrogen and oxygen atoms in total. The fourth-order valence-electron chi connectivity index (χ4n) is 5.10. The number of carbonyl (C=O) groups excluding carboxylic acids is 1. The normalized spacial score (nSPS) is 15.0. The number of anilines is 1. The molecule has 0 fully saturated rings.